The van der Waals surface area contributed by atoms with Gasteiger partial charge in [0.25, 0.3) is 11.8 Å². The average molecular weight is 221 g/mol. The van der Waals surface area contributed by atoms with Crippen LogP contribution in [0.15, 0.2) is 22.8 Å². The van der Waals surface area contributed by atoms with Gasteiger partial charge in [-0.05, 0) is 40.5 Å². The fourth-order valence-corrected chi connectivity index (χ4v) is 1.66. The maximum Gasteiger partial charge on any atom is 0.256 e. The smallest absolute Gasteiger partial charge is 0.256 e. The van der Waals surface area contributed by atoms with Crippen molar-refractivity contribution < 1.29 is 9.59 Å². The van der Waals surface area contributed by atoms with Gasteiger partial charge in [0.15, 0.2) is 0 Å². The van der Waals surface area contributed by atoms with Crippen molar-refractivity contribution in [2.24, 2.45) is 0 Å². The number of unbranched alkanes of at least 4 members (excludes halogenated alkanes) is 1. The Bertz CT molecular complexity index is 349. The molecule has 3 heteroatoms. The summed E-state index contributed by atoms with van der Waals surface area (Å²) < 4.78 is 0. The lowest BCUT2D eigenvalue weighted by molar-refractivity contribution is -0.137. The Morgan fingerprint density at radius 2 is 1.62 bits per heavy atom. The molecule has 0 aliphatic carbocycles. The molecule has 0 radical (unpaired) electrons. The summed E-state index contributed by atoms with van der Waals surface area (Å²) in [7, 11) is 0. The van der Waals surface area contributed by atoms with Gasteiger partial charge in [-0.15, -0.1) is 0 Å². The van der Waals surface area contributed by atoms with Crippen molar-refractivity contribution >= 4 is 11.8 Å². The Morgan fingerprint density at radius 3 is 2.06 bits per heavy atom. The summed E-state index contributed by atoms with van der Waals surface area (Å²) in [4.78, 5) is 24.7. The van der Waals surface area contributed by atoms with Gasteiger partial charge >= 0.3 is 0 Å². The van der Waals surface area contributed by atoms with E-state index in [1.807, 2.05) is 13.8 Å². The number of carbonyl (C=O) groups is 2. The molecule has 0 saturated carbocycles. The summed E-state index contributed by atoms with van der Waals surface area (Å²) in [6.07, 6.45) is 3.87. The number of hydrogen-bond donors (Lipinski definition) is 0. The van der Waals surface area contributed by atoms with E-state index in [4.69, 9.17) is 0 Å². The number of nitrogens with zero attached hydrogens (tertiary/aromatic N) is 1. The summed E-state index contributed by atoms with van der Waals surface area (Å²) in [5.41, 5.74) is 2.45. The molecular formula is C13H19NO2. The van der Waals surface area contributed by atoms with E-state index in [1.165, 1.54) is 10.5 Å². The van der Waals surface area contributed by atoms with Crippen molar-refractivity contribution in [1.29, 1.82) is 0 Å². The highest BCUT2D eigenvalue weighted by Gasteiger charge is 2.32. The Balaban J connectivity index is 2.50. The molecule has 1 rings (SSSR count). The largest absolute Gasteiger partial charge is 0.275 e. The maximum atomic E-state index is 11.7. The minimum atomic E-state index is -0.125. The van der Waals surface area contributed by atoms with Crippen LogP contribution < -0.4 is 0 Å². The molecule has 0 unspecified atom stereocenters. The van der Waals surface area contributed by atoms with E-state index in [0.29, 0.717) is 17.7 Å². The van der Waals surface area contributed by atoms with Crippen LogP contribution in [0, 0.1) is 0 Å². The van der Waals surface area contributed by atoms with Gasteiger partial charge in [-0.1, -0.05) is 11.6 Å². The predicted octanol–water partition coefficient (Wildman–Crippen LogP) is 2.44. The number of hydrogen-bond acceptors (Lipinski definition) is 2. The zero-order valence-corrected chi connectivity index (χ0v) is 10.5. The van der Waals surface area contributed by atoms with Crippen molar-refractivity contribution in [3.05, 3.63) is 22.8 Å². The molecule has 0 spiro atoms. The van der Waals surface area contributed by atoms with Crippen LogP contribution in [0.3, 0.4) is 0 Å². The second-order valence-electron chi connectivity index (χ2n) is 4.44. The summed E-state index contributed by atoms with van der Waals surface area (Å²) in [6, 6.07) is 0. The van der Waals surface area contributed by atoms with Crippen LogP contribution in [0.4, 0.5) is 0 Å². The fraction of sp³-hybridized carbons (Fsp3) is 0.538. The van der Waals surface area contributed by atoms with Crippen molar-refractivity contribution in [3.8, 4) is 0 Å². The number of amides is 2. The molecule has 0 bridgehead atoms. The van der Waals surface area contributed by atoms with Gasteiger partial charge in [0.2, 0.25) is 0 Å². The first kappa shape index (κ1) is 12.7. The quantitative estimate of drug-likeness (QED) is 0.415. The van der Waals surface area contributed by atoms with Gasteiger partial charge in [0, 0.05) is 17.7 Å². The van der Waals surface area contributed by atoms with E-state index >= 15 is 0 Å². The zero-order chi connectivity index (χ0) is 12.3. The average Bonchev–Trinajstić information content (AvgIpc) is 2.40. The van der Waals surface area contributed by atoms with Gasteiger partial charge in [0.05, 0.1) is 0 Å². The van der Waals surface area contributed by atoms with Crippen LogP contribution in [0.25, 0.3) is 0 Å². The Morgan fingerprint density at radius 1 is 1.12 bits per heavy atom. The molecule has 0 saturated heterocycles. The second kappa shape index (κ2) is 5.10. The van der Waals surface area contributed by atoms with E-state index in [2.05, 4.69) is 6.08 Å². The SMILES string of the molecule is CC(C)=CCCCN1C(=O)C(C)=C(C)C1=O. The molecule has 0 aromatic rings. The van der Waals surface area contributed by atoms with E-state index in [9.17, 15) is 9.59 Å². The summed E-state index contributed by atoms with van der Waals surface area (Å²) in [5, 5.41) is 0. The summed E-state index contributed by atoms with van der Waals surface area (Å²) in [6.45, 7) is 8.04. The first-order valence-electron chi connectivity index (χ1n) is 5.62. The molecule has 0 N–H and O–H groups in total. The molecule has 0 aromatic carbocycles. The third kappa shape index (κ3) is 2.60. The van der Waals surface area contributed by atoms with E-state index in [0.717, 1.165) is 12.8 Å². The van der Waals surface area contributed by atoms with Crippen molar-refractivity contribution in [2.75, 3.05) is 6.54 Å². The van der Waals surface area contributed by atoms with Gasteiger partial charge in [-0.25, -0.2) is 0 Å². The van der Waals surface area contributed by atoms with Gasteiger partial charge in [0.1, 0.15) is 0 Å². The molecule has 1 heterocycles. The van der Waals surface area contributed by atoms with Gasteiger partial charge in [-0.2, -0.15) is 0 Å². The molecule has 3 nitrogen and oxygen atoms in total. The minimum absolute atomic E-state index is 0.125. The standard InChI is InChI=1S/C13H19NO2/c1-9(2)7-5-6-8-14-12(15)10(3)11(4)13(14)16/h7H,5-6,8H2,1-4H3. The van der Waals surface area contributed by atoms with Crippen molar-refractivity contribution in [1.82, 2.24) is 4.90 Å². The van der Waals surface area contributed by atoms with Crippen LogP contribution in [0.5, 0.6) is 0 Å². The number of rotatable bonds is 4. The van der Waals surface area contributed by atoms with Crippen LogP contribution in [0.1, 0.15) is 40.5 Å². The van der Waals surface area contributed by atoms with Crippen LogP contribution in [-0.2, 0) is 9.59 Å². The highest BCUT2D eigenvalue weighted by Crippen LogP contribution is 2.20. The summed E-state index contributed by atoms with van der Waals surface area (Å²) in [5.74, 6) is -0.251. The molecule has 0 fully saturated rings. The van der Waals surface area contributed by atoms with E-state index in [1.54, 1.807) is 13.8 Å². The topological polar surface area (TPSA) is 37.4 Å². The number of imide groups is 1. The van der Waals surface area contributed by atoms with Gasteiger partial charge in [-0.3, -0.25) is 14.5 Å². The van der Waals surface area contributed by atoms with Crippen molar-refractivity contribution in [2.45, 2.75) is 40.5 Å². The molecule has 1 aliphatic rings. The predicted molar refractivity (Wildman–Crippen MR) is 63.8 cm³/mol. The third-order valence-electron chi connectivity index (χ3n) is 2.83. The van der Waals surface area contributed by atoms with Crippen LogP contribution >= 0.6 is 0 Å². The second-order valence-corrected chi connectivity index (χ2v) is 4.44. The zero-order valence-electron chi connectivity index (χ0n) is 10.5. The first-order chi connectivity index (χ1) is 7.45. The molecule has 0 atom stereocenters. The Hall–Kier alpha value is -1.38. The fourth-order valence-electron chi connectivity index (χ4n) is 1.66. The maximum absolute atomic E-state index is 11.7. The highest BCUT2D eigenvalue weighted by molar-refractivity contribution is 6.18. The lowest BCUT2D eigenvalue weighted by Crippen LogP contribution is -2.32. The minimum Gasteiger partial charge on any atom is -0.275 e. The molecule has 88 valence electrons. The van der Waals surface area contributed by atoms with Gasteiger partial charge < -0.3 is 0 Å². The van der Waals surface area contributed by atoms with Crippen LogP contribution in [-0.4, -0.2) is 23.3 Å². The molecule has 16 heavy (non-hydrogen) atoms. The molecule has 2 amide bonds. The van der Waals surface area contributed by atoms with E-state index < -0.39 is 0 Å². The molecule has 0 aromatic heterocycles. The Kier molecular flexibility index (Phi) is 4.05. The van der Waals surface area contributed by atoms with E-state index in [-0.39, 0.29) is 11.8 Å². The van der Waals surface area contributed by atoms with Crippen LogP contribution in [0.2, 0.25) is 0 Å². The van der Waals surface area contributed by atoms with Crippen molar-refractivity contribution in [3.63, 3.8) is 0 Å². The molecule has 1 aliphatic heterocycles. The Labute approximate surface area is 96.8 Å². The number of allylic oxidation sites excluding steroid dienone is 2. The lowest BCUT2D eigenvalue weighted by Gasteiger charge is -2.13. The lowest BCUT2D eigenvalue weighted by atomic mass is 10.2. The first-order valence-corrected chi connectivity index (χ1v) is 5.62. The summed E-state index contributed by atoms with van der Waals surface area (Å²) >= 11 is 0. The number of carbonyl (C=O) groups excluding carboxylic acids is 2. The third-order valence-corrected chi connectivity index (χ3v) is 2.83. The monoisotopic (exact) mass is 221 g/mol. The highest BCUT2D eigenvalue weighted by atomic mass is 16.2. The molecular weight excluding hydrogens is 202 g/mol. The normalized spacial score (nSPS) is 16.1.